The van der Waals surface area contributed by atoms with Gasteiger partial charge in [-0.3, -0.25) is 0 Å². The van der Waals surface area contributed by atoms with Gasteiger partial charge in [-0.15, -0.1) is 0 Å². The van der Waals surface area contributed by atoms with E-state index in [4.69, 9.17) is 15.8 Å². The molecule has 0 saturated heterocycles. The summed E-state index contributed by atoms with van der Waals surface area (Å²) in [5.74, 6) is -10.6. The van der Waals surface area contributed by atoms with Gasteiger partial charge in [-0.1, -0.05) is 17.9 Å². The van der Waals surface area contributed by atoms with Crippen molar-refractivity contribution in [2.24, 2.45) is 0 Å². The molecule has 0 aliphatic heterocycles. The van der Waals surface area contributed by atoms with E-state index in [-0.39, 0.29) is 18.9 Å². The summed E-state index contributed by atoms with van der Waals surface area (Å²) >= 11 is 0. The first-order valence-corrected chi connectivity index (χ1v) is 4.42. The third kappa shape index (κ3) is 2.70. The van der Waals surface area contributed by atoms with Gasteiger partial charge < -0.3 is 4.65 Å². The molecule has 96 valence electrons. The third-order valence-corrected chi connectivity index (χ3v) is 2.01. The molecular weight excluding hydrogens is 279 g/mol. The minimum absolute atomic E-state index is 0. The van der Waals surface area contributed by atoms with Crippen molar-refractivity contribution in [1.29, 1.82) is 15.8 Å². The van der Waals surface area contributed by atoms with E-state index in [1.165, 1.54) is 0 Å². The van der Waals surface area contributed by atoms with E-state index in [0.717, 1.165) is 17.9 Å². The van der Waals surface area contributed by atoms with Crippen LogP contribution in [0, 0.1) is 62.8 Å². The minimum atomic E-state index is -3.74. The summed E-state index contributed by atoms with van der Waals surface area (Å²) < 4.78 is 68.8. The Morgan fingerprint density at radius 2 is 1.00 bits per heavy atom. The second-order valence-electron chi connectivity index (χ2n) is 3.19. The van der Waals surface area contributed by atoms with E-state index in [2.05, 4.69) is 4.65 Å². The molecule has 1 rings (SSSR count). The zero-order chi connectivity index (χ0) is 14.8. The number of rotatable bonds is 2. The second-order valence-corrected chi connectivity index (χ2v) is 3.19. The molecule has 1 aromatic carbocycles. The summed E-state index contributed by atoms with van der Waals surface area (Å²) in [5, 5.41) is 25.5. The summed E-state index contributed by atoms with van der Waals surface area (Å²) in [4.78, 5) is 0. The average molecular weight is 279 g/mol. The van der Waals surface area contributed by atoms with Crippen LogP contribution in [-0.4, -0.2) is 6.35 Å². The van der Waals surface area contributed by atoms with Crippen LogP contribution in [0.5, 0.6) is 5.75 Å². The molecule has 0 amide bonds. The molecule has 20 heavy (non-hydrogen) atoms. The van der Waals surface area contributed by atoms with Gasteiger partial charge in [-0.2, -0.15) is 8.78 Å². The average Bonchev–Trinajstić information content (AvgIpc) is 2.44. The van der Waals surface area contributed by atoms with Gasteiger partial charge in [0.05, 0.1) is 0 Å². The maximum absolute atomic E-state index is 13.2. The Bertz CT molecular complexity index is 613. The molecule has 0 unspecified atom stereocenters. The fraction of sp³-hybridized carbons (Fsp3) is 0. The maximum atomic E-state index is 13.2. The Morgan fingerprint density at radius 1 is 0.700 bits per heavy atom. The first-order valence-electron chi connectivity index (χ1n) is 4.42. The fourth-order valence-corrected chi connectivity index (χ4v) is 1.03. The van der Waals surface area contributed by atoms with Gasteiger partial charge in [0.1, 0.15) is 5.75 Å². The maximum Gasteiger partial charge on any atom is 1.00 e. The Kier molecular flexibility index (Phi) is 5.61. The smallest absolute Gasteiger partial charge is 0.678 e. The van der Waals surface area contributed by atoms with Gasteiger partial charge in [0, 0.05) is 0 Å². The summed E-state index contributed by atoms with van der Waals surface area (Å²) in [7, 11) is 0. The van der Waals surface area contributed by atoms with E-state index < -0.39 is 41.2 Å². The number of nitriles is 3. The second kappa shape index (κ2) is 6.30. The molecule has 11 heteroatoms. The Balaban J connectivity index is 0.00000361. The third-order valence-electron chi connectivity index (χ3n) is 2.01. The first kappa shape index (κ1) is 17.8. The van der Waals surface area contributed by atoms with Gasteiger partial charge in [0.15, 0.2) is 0 Å². The predicted molar refractivity (Wildman–Crippen MR) is 49.5 cm³/mol. The van der Waals surface area contributed by atoms with Gasteiger partial charge >= 0.3 is 25.2 Å². The fourth-order valence-electron chi connectivity index (χ4n) is 1.03. The number of hydrogen-bond donors (Lipinski definition) is 0. The molecule has 0 heterocycles. The SMILES string of the molecule is N#C[B-](C#N)(C#N)Oc1c(F)c(F)c(F)c(F)c1F.[Li+]. The van der Waals surface area contributed by atoms with Crippen molar-refractivity contribution in [2.75, 3.05) is 0 Å². The number of nitrogens with zero attached hydrogens (tertiary/aromatic N) is 3. The van der Waals surface area contributed by atoms with E-state index >= 15 is 0 Å². The molecule has 0 aliphatic rings. The zero-order valence-corrected chi connectivity index (χ0v) is 9.72. The molecule has 0 radical (unpaired) electrons. The van der Waals surface area contributed by atoms with E-state index in [9.17, 15) is 22.0 Å². The van der Waals surface area contributed by atoms with Crippen LogP contribution in [0.15, 0.2) is 0 Å². The molecule has 0 aromatic heterocycles. The van der Waals surface area contributed by atoms with Crippen LogP contribution in [0.2, 0.25) is 0 Å². The molecule has 0 spiro atoms. The summed E-state index contributed by atoms with van der Waals surface area (Å²) in [6.07, 6.45) is -3.74. The topological polar surface area (TPSA) is 80.6 Å². The van der Waals surface area contributed by atoms with Crippen LogP contribution >= 0.6 is 0 Å². The minimum Gasteiger partial charge on any atom is -0.678 e. The van der Waals surface area contributed by atoms with Gasteiger partial charge in [-0.05, 0) is 0 Å². The number of hydrogen-bond acceptors (Lipinski definition) is 4. The van der Waals surface area contributed by atoms with Gasteiger partial charge in [-0.25, -0.2) is 29.0 Å². The molecule has 1 aromatic rings. The Morgan fingerprint density at radius 3 is 1.30 bits per heavy atom. The van der Waals surface area contributed by atoms with Gasteiger partial charge in [0.2, 0.25) is 29.1 Å². The van der Waals surface area contributed by atoms with Crippen molar-refractivity contribution in [3.05, 3.63) is 29.1 Å². The summed E-state index contributed by atoms with van der Waals surface area (Å²) in [6.45, 7) is 0. The predicted octanol–water partition coefficient (Wildman–Crippen LogP) is -1.10. The van der Waals surface area contributed by atoms with Crippen LogP contribution in [0.3, 0.4) is 0 Å². The van der Waals surface area contributed by atoms with Crippen molar-refractivity contribution in [3.63, 3.8) is 0 Å². The zero-order valence-electron chi connectivity index (χ0n) is 9.72. The van der Waals surface area contributed by atoms with Crippen molar-refractivity contribution in [3.8, 4) is 23.7 Å². The van der Waals surface area contributed by atoms with Crippen molar-refractivity contribution < 1.29 is 45.5 Å². The van der Waals surface area contributed by atoms with E-state index in [0.29, 0.717) is 0 Å². The van der Waals surface area contributed by atoms with Crippen molar-refractivity contribution in [2.45, 2.75) is 0 Å². The molecule has 0 aliphatic carbocycles. The van der Waals surface area contributed by atoms with Crippen LogP contribution in [0.1, 0.15) is 0 Å². The summed E-state index contributed by atoms with van der Waals surface area (Å²) in [6, 6.07) is 0. The standard InChI is InChI=1S/C9BF5N3O.Li/c11-4-5(12)7(14)9(8(15)6(4)13)19-10(1-16,2-17)3-18;/q-1;+1. The number of benzene rings is 1. The van der Waals surface area contributed by atoms with Crippen LogP contribution in [-0.2, 0) is 0 Å². The number of halogens is 5. The first-order chi connectivity index (χ1) is 8.83. The van der Waals surface area contributed by atoms with E-state index in [1.807, 2.05) is 0 Å². The molecule has 0 fully saturated rings. The molecule has 4 nitrogen and oxygen atoms in total. The molecule has 0 N–H and O–H groups in total. The largest absolute Gasteiger partial charge is 1.00 e. The van der Waals surface area contributed by atoms with E-state index in [1.54, 1.807) is 0 Å². The van der Waals surface area contributed by atoms with Crippen LogP contribution in [0.4, 0.5) is 22.0 Å². The summed E-state index contributed by atoms with van der Waals surface area (Å²) in [5.41, 5.74) is 0. The van der Waals surface area contributed by atoms with Crippen molar-refractivity contribution in [1.82, 2.24) is 0 Å². The van der Waals surface area contributed by atoms with Crippen LogP contribution < -0.4 is 23.5 Å². The Labute approximate surface area is 121 Å². The molecule has 0 atom stereocenters. The molecular formula is C9BF5LiN3O. The van der Waals surface area contributed by atoms with Crippen LogP contribution in [0.25, 0.3) is 0 Å². The molecule has 0 saturated carbocycles. The van der Waals surface area contributed by atoms with Gasteiger partial charge in [0.25, 0.3) is 0 Å². The quantitative estimate of drug-likeness (QED) is 0.298. The van der Waals surface area contributed by atoms with Crippen molar-refractivity contribution >= 4 is 6.35 Å². The monoisotopic (exact) mass is 279 g/mol. The Hall–Kier alpha value is -2.20. The molecule has 0 bridgehead atoms. The normalized spacial score (nSPS) is 9.70.